The first-order valence-corrected chi connectivity index (χ1v) is 10.4. The van der Waals surface area contributed by atoms with Crippen LogP contribution < -0.4 is 0 Å². The Morgan fingerprint density at radius 2 is 1.79 bits per heavy atom. The molecular formula is C22H31N3O3. The molecule has 152 valence electrons. The summed E-state index contributed by atoms with van der Waals surface area (Å²) >= 11 is 0. The zero-order valence-electron chi connectivity index (χ0n) is 16.9. The minimum absolute atomic E-state index is 0.0363. The number of aliphatic hydroxyl groups excluding tert-OH is 1. The third-order valence-corrected chi connectivity index (χ3v) is 6.80. The largest absolute Gasteiger partial charge is 0.394 e. The number of amides is 2. The zero-order chi connectivity index (χ0) is 19.9. The van der Waals surface area contributed by atoms with Gasteiger partial charge in [-0.1, -0.05) is 43.2 Å². The Morgan fingerprint density at radius 3 is 2.36 bits per heavy atom. The minimum atomic E-state index is -0.365. The lowest BCUT2D eigenvalue weighted by Gasteiger charge is -2.70. The Hall–Kier alpha value is -1.92. The Bertz CT molecular complexity index is 724. The van der Waals surface area contributed by atoms with Crippen molar-refractivity contribution >= 4 is 11.8 Å². The van der Waals surface area contributed by atoms with Gasteiger partial charge in [-0.05, 0) is 32.5 Å². The zero-order valence-corrected chi connectivity index (χ0v) is 16.9. The summed E-state index contributed by atoms with van der Waals surface area (Å²) < 4.78 is 0. The molecule has 1 aromatic rings. The van der Waals surface area contributed by atoms with Gasteiger partial charge in [0, 0.05) is 24.9 Å². The molecule has 0 aromatic heterocycles. The van der Waals surface area contributed by atoms with Crippen molar-refractivity contribution in [2.75, 3.05) is 40.3 Å². The number of aliphatic hydroxyl groups is 1. The summed E-state index contributed by atoms with van der Waals surface area (Å²) in [5.74, 6) is 0.438. The molecule has 0 unspecified atom stereocenters. The molecule has 2 atom stereocenters. The summed E-state index contributed by atoms with van der Waals surface area (Å²) in [7, 11) is 3.78. The molecule has 1 saturated carbocycles. The van der Waals surface area contributed by atoms with Gasteiger partial charge >= 0.3 is 0 Å². The molecule has 2 aliphatic heterocycles. The lowest BCUT2D eigenvalue weighted by molar-refractivity contribution is -0.206. The number of nitrogens with zero attached hydrogens (tertiary/aromatic N) is 3. The van der Waals surface area contributed by atoms with Crippen LogP contribution in [0.1, 0.15) is 37.2 Å². The van der Waals surface area contributed by atoms with Gasteiger partial charge in [-0.15, -0.1) is 0 Å². The highest BCUT2D eigenvalue weighted by molar-refractivity contribution is 5.85. The molecule has 0 radical (unpaired) electrons. The molecule has 2 amide bonds. The quantitative estimate of drug-likeness (QED) is 0.830. The van der Waals surface area contributed by atoms with E-state index in [1.54, 1.807) is 0 Å². The molecule has 6 nitrogen and oxygen atoms in total. The molecule has 3 aliphatic rings. The Balaban J connectivity index is 1.60. The highest BCUT2D eigenvalue weighted by Gasteiger charge is 2.68. The van der Waals surface area contributed by atoms with Crippen molar-refractivity contribution in [2.24, 2.45) is 5.92 Å². The number of likely N-dealkylation sites (tertiary alicyclic amines) is 2. The summed E-state index contributed by atoms with van der Waals surface area (Å²) in [5.41, 5.74) is 0.785. The highest BCUT2D eigenvalue weighted by atomic mass is 16.3. The molecule has 0 bridgehead atoms. The second-order valence-electron chi connectivity index (χ2n) is 8.92. The van der Waals surface area contributed by atoms with Crippen molar-refractivity contribution < 1.29 is 14.7 Å². The van der Waals surface area contributed by atoms with E-state index < -0.39 is 0 Å². The van der Waals surface area contributed by atoms with E-state index in [4.69, 9.17) is 0 Å². The third kappa shape index (κ3) is 3.03. The van der Waals surface area contributed by atoms with E-state index in [0.29, 0.717) is 19.6 Å². The summed E-state index contributed by atoms with van der Waals surface area (Å²) in [4.78, 5) is 31.6. The van der Waals surface area contributed by atoms with Crippen molar-refractivity contribution in [3.63, 3.8) is 0 Å². The molecular weight excluding hydrogens is 354 g/mol. The van der Waals surface area contributed by atoms with Gasteiger partial charge in [0.1, 0.15) is 0 Å². The molecule has 6 heteroatoms. The maximum Gasteiger partial charge on any atom is 0.236 e. The van der Waals surface area contributed by atoms with Crippen molar-refractivity contribution in [1.29, 1.82) is 0 Å². The van der Waals surface area contributed by atoms with Crippen LogP contribution in [0.2, 0.25) is 0 Å². The topological polar surface area (TPSA) is 64.1 Å². The predicted octanol–water partition coefficient (Wildman–Crippen LogP) is 1.31. The van der Waals surface area contributed by atoms with Crippen molar-refractivity contribution in [3.05, 3.63) is 35.9 Å². The number of hydrogen-bond donors (Lipinski definition) is 1. The molecule has 1 aromatic carbocycles. The van der Waals surface area contributed by atoms with E-state index in [9.17, 15) is 14.7 Å². The molecule has 2 saturated heterocycles. The maximum absolute atomic E-state index is 13.3. The van der Waals surface area contributed by atoms with Crippen LogP contribution in [0.15, 0.2) is 30.3 Å². The lowest BCUT2D eigenvalue weighted by Crippen LogP contribution is -2.86. The van der Waals surface area contributed by atoms with Crippen LogP contribution in [0.25, 0.3) is 0 Å². The number of carbonyl (C=O) groups is 2. The number of carbonyl (C=O) groups excluding carboxylic acids is 2. The Labute approximate surface area is 167 Å². The van der Waals surface area contributed by atoms with Crippen LogP contribution in [-0.4, -0.2) is 83.5 Å². The smallest absolute Gasteiger partial charge is 0.236 e. The van der Waals surface area contributed by atoms with Crippen molar-refractivity contribution in [2.45, 2.75) is 43.2 Å². The average Bonchev–Trinajstić information content (AvgIpc) is 3.15. The third-order valence-electron chi connectivity index (χ3n) is 6.80. The summed E-state index contributed by atoms with van der Waals surface area (Å²) in [6.07, 6.45) is 4.11. The van der Waals surface area contributed by atoms with Crippen LogP contribution >= 0.6 is 0 Å². The van der Waals surface area contributed by atoms with Gasteiger partial charge in [-0.2, -0.15) is 0 Å². The first kappa shape index (κ1) is 19.4. The molecule has 1 aliphatic carbocycles. The lowest BCUT2D eigenvalue weighted by atomic mass is 9.60. The SMILES string of the molecule is CN(C)CC(=O)N1CC2(C1)[C@@H](c1ccccc1)[C@@H](CO)N2C(=O)C1CCCC1. The maximum atomic E-state index is 13.3. The molecule has 1 spiro atoms. The van der Waals surface area contributed by atoms with E-state index >= 15 is 0 Å². The van der Waals surface area contributed by atoms with Gasteiger partial charge in [0.25, 0.3) is 0 Å². The molecule has 1 N–H and O–H groups in total. The normalized spacial score (nSPS) is 26.4. The first-order chi connectivity index (χ1) is 13.5. The van der Waals surface area contributed by atoms with Gasteiger partial charge in [-0.3, -0.25) is 9.59 Å². The van der Waals surface area contributed by atoms with E-state index in [0.717, 1.165) is 31.2 Å². The van der Waals surface area contributed by atoms with Gasteiger partial charge in [-0.25, -0.2) is 0 Å². The highest BCUT2D eigenvalue weighted by Crippen LogP contribution is 2.54. The second-order valence-corrected chi connectivity index (χ2v) is 8.92. The monoisotopic (exact) mass is 385 g/mol. The fourth-order valence-electron chi connectivity index (χ4n) is 5.55. The van der Waals surface area contributed by atoms with Crippen LogP contribution in [0.4, 0.5) is 0 Å². The average molecular weight is 386 g/mol. The van der Waals surface area contributed by atoms with E-state index in [1.165, 1.54) is 0 Å². The fraction of sp³-hybridized carbons (Fsp3) is 0.636. The fourth-order valence-corrected chi connectivity index (χ4v) is 5.55. The number of likely N-dealkylation sites (N-methyl/N-ethyl adjacent to an activating group) is 1. The van der Waals surface area contributed by atoms with Gasteiger partial charge < -0.3 is 19.8 Å². The van der Waals surface area contributed by atoms with Crippen LogP contribution in [-0.2, 0) is 9.59 Å². The van der Waals surface area contributed by atoms with Crippen LogP contribution in [0.5, 0.6) is 0 Å². The molecule has 28 heavy (non-hydrogen) atoms. The number of hydrogen-bond acceptors (Lipinski definition) is 4. The van der Waals surface area contributed by atoms with Gasteiger partial charge in [0.2, 0.25) is 11.8 Å². The Kier molecular flexibility index (Phi) is 5.19. The van der Waals surface area contributed by atoms with E-state index in [2.05, 4.69) is 12.1 Å². The molecule has 3 fully saturated rings. The predicted molar refractivity (Wildman–Crippen MR) is 107 cm³/mol. The first-order valence-electron chi connectivity index (χ1n) is 10.4. The van der Waals surface area contributed by atoms with Crippen molar-refractivity contribution in [1.82, 2.24) is 14.7 Å². The van der Waals surface area contributed by atoms with Gasteiger partial charge in [0.15, 0.2) is 0 Å². The van der Waals surface area contributed by atoms with Crippen LogP contribution in [0.3, 0.4) is 0 Å². The molecule has 2 heterocycles. The van der Waals surface area contributed by atoms with Crippen LogP contribution in [0, 0.1) is 5.92 Å². The second kappa shape index (κ2) is 7.48. The standard InChI is InChI=1S/C22H31N3O3/c1-23(2)12-19(27)24-14-22(15-24)20(16-8-4-3-5-9-16)18(13-26)25(22)21(28)17-10-6-7-11-17/h3-5,8-9,17-18,20,26H,6-7,10-15H2,1-2H3/t18-,20+/m1/s1. The molecule has 4 rings (SSSR count). The minimum Gasteiger partial charge on any atom is -0.394 e. The summed E-state index contributed by atoms with van der Waals surface area (Å²) in [5, 5.41) is 10.1. The van der Waals surface area contributed by atoms with Crippen molar-refractivity contribution in [3.8, 4) is 0 Å². The van der Waals surface area contributed by atoms with E-state index in [1.807, 2.05) is 47.0 Å². The summed E-state index contributed by atoms with van der Waals surface area (Å²) in [6, 6.07) is 9.96. The van der Waals surface area contributed by atoms with Gasteiger partial charge in [0.05, 0.1) is 24.7 Å². The summed E-state index contributed by atoms with van der Waals surface area (Å²) in [6.45, 7) is 1.47. The number of benzene rings is 1. The van der Waals surface area contributed by atoms with E-state index in [-0.39, 0.29) is 41.8 Å². The Morgan fingerprint density at radius 1 is 1.14 bits per heavy atom. The number of rotatable bonds is 5.